The lowest BCUT2D eigenvalue weighted by atomic mass is 10.0. The number of nitrogens with zero attached hydrogens (tertiary/aromatic N) is 4. The first-order valence-electron chi connectivity index (χ1n) is 12.8. The Bertz CT molecular complexity index is 1380. The smallest absolute Gasteiger partial charge is 0.294 e. The van der Waals surface area contributed by atoms with Crippen LogP contribution in [-0.4, -0.2) is 90.4 Å². The molecule has 0 spiro atoms. The van der Waals surface area contributed by atoms with Gasteiger partial charge < -0.3 is 23.8 Å². The first-order chi connectivity index (χ1) is 18.5. The molecule has 1 aliphatic rings. The molecule has 0 unspecified atom stereocenters. The van der Waals surface area contributed by atoms with Gasteiger partial charge in [-0.2, -0.15) is 0 Å². The monoisotopic (exact) mass is 538 g/mol. The lowest BCUT2D eigenvalue weighted by Gasteiger charge is -2.44. The Labute approximate surface area is 227 Å². The molecule has 0 radical (unpaired) electrons. The Hall–Kier alpha value is -3.76. The average molecular weight is 539 g/mol. The Balaban J connectivity index is 1.67. The SMILES string of the molecule is COCn1cc(C(=O)C(=O)N(C)C)c2cc(C(=O)N3C[C@H](C)N(Cc4ccc(F)cc4)C[C@H]3C)c(OC)cc21. The van der Waals surface area contributed by atoms with Gasteiger partial charge in [-0.15, -0.1) is 0 Å². The molecule has 0 aliphatic carbocycles. The van der Waals surface area contributed by atoms with E-state index in [2.05, 4.69) is 11.8 Å². The number of fused-ring (bicyclic) bond motifs is 1. The molecule has 1 saturated heterocycles. The molecule has 4 rings (SSSR count). The van der Waals surface area contributed by atoms with Gasteiger partial charge in [0.2, 0.25) is 0 Å². The van der Waals surface area contributed by atoms with E-state index in [0.29, 0.717) is 41.9 Å². The number of ketones is 1. The number of amides is 2. The second-order valence-corrected chi connectivity index (χ2v) is 10.2. The number of rotatable bonds is 8. The van der Waals surface area contributed by atoms with Crippen LogP contribution < -0.4 is 4.74 Å². The summed E-state index contributed by atoms with van der Waals surface area (Å²) in [6.07, 6.45) is 1.57. The molecule has 3 aromatic rings. The number of piperazine rings is 1. The standard InChI is InChI=1S/C29H35FN4O5/c1-18-14-34(19(2)13-32(18)15-20-7-9-21(30)10-8-20)28(36)23-11-22-24(27(35)29(37)31(3)4)16-33(17-38-5)25(22)12-26(23)39-6/h7-12,16,18-19H,13-15,17H2,1-6H3/t18-,19+/m0/s1. The van der Waals surface area contributed by atoms with E-state index in [-0.39, 0.29) is 36.1 Å². The molecule has 1 aliphatic heterocycles. The van der Waals surface area contributed by atoms with Gasteiger partial charge >= 0.3 is 0 Å². The molecule has 2 heterocycles. The third-order valence-corrected chi connectivity index (χ3v) is 7.22. The predicted octanol–water partition coefficient (Wildman–Crippen LogP) is 3.40. The van der Waals surface area contributed by atoms with E-state index in [9.17, 15) is 18.8 Å². The van der Waals surface area contributed by atoms with Gasteiger partial charge in [-0.1, -0.05) is 12.1 Å². The molecule has 0 N–H and O–H groups in total. The third-order valence-electron chi connectivity index (χ3n) is 7.22. The average Bonchev–Trinajstić information content (AvgIpc) is 3.27. The van der Waals surface area contributed by atoms with Gasteiger partial charge in [-0.3, -0.25) is 19.3 Å². The lowest BCUT2D eigenvalue weighted by Crippen LogP contribution is -2.57. The maximum atomic E-state index is 13.9. The normalized spacial score (nSPS) is 17.9. The van der Waals surface area contributed by atoms with Gasteiger partial charge in [-0.05, 0) is 37.6 Å². The molecular weight excluding hydrogens is 503 g/mol. The zero-order valence-corrected chi connectivity index (χ0v) is 23.2. The van der Waals surface area contributed by atoms with E-state index in [0.717, 1.165) is 5.56 Å². The second kappa shape index (κ2) is 11.5. The van der Waals surface area contributed by atoms with Gasteiger partial charge in [0.25, 0.3) is 17.6 Å². The number of hydrogen-bond donors (Lipinski definition) is 0. The van der Waals surface area contributed by atoms with E-state index in [4.69, 9.17) is 9.47 Å². The van der Waals surface area contributed by atoms with E-state index < -0.39 is 11.7 Å². The summed E-state index contributed by atoms with van der Waals surface area (Å²) in [7, 11) is 6.07. The molecule has 2 atom stereocenters. The molecule has 39 heavy (non-hydrogen) atoms. The molecule has 1 fully saturated rings. The fraction of sp³-hybridized carbons (Fsp3) is 0.414. The summed E-state index contributed by atoms with van der Waals surface area (Å²) in [5, 5.41) is 0.479. The van der Waals surface area contributed by atoms with Crippen LogP contribution in [0, 0.1) is 5.82 Å². The highest BCUT2D eigenvalue weighted by Crippen LogP contribution is 2.32. The molecule has 2 aromatic carbocycles. The topological polar surface area (TPSA) is 84.3 Å². The fourth-order valence-corrected chi connectivity index (χ4v) is 5.08. The van der Waals surface area contributed by atoms with Crippen molar-refractivity contribution in [1.29, 1.82) is 0 Å². The van der Waals surface area contributed by atoms with Crippen molar-refractivity contribution >= 4 is 28.5 Å². The Kier molecular flexibility index (Phi) is 8.36. The Morgan fingerprint density at radius 2 is 1.69 bits per heavy atom. The number of hydrogen-bond acceptors (Lipinski definition) is 6. The molecule has 208 valence electrons. The van der Waals surface area contributed by atoms with E-state index in [1.807, 2.05) is 11.8 Å². The minimum atomic E-state index is -0.667. The van der Waals surface area contributed by atoms with Gasteiger partial charge in [-0.25, -0.2) is 4.39 Å². The third kappa shape index (κ3) is 5.67. The molecule has 1 aromatic heterocycles. The first kappa shape index (κ1) is 28.3. The van der Waals surface area contributed by atoms with E-state index in [1.54, 1.807) is 35.0 Å². The van der Waals surface area contributed by atoms with Crippen molar-refractivity contribution in [2.75, 3.05) is 41.4 Å². The number of carbonyl (C=O) groups is 3. The maximum Gasteiger partial charge on any atom is 0.294 e. The largest absolute Gasteiger partial charge is 0.496 e. The van der Waals surface area contributed by atoms with E-state index in [1.165, 1.54) is 45.3 Å². The summed E-state index contributed by atoms with van der Waals surface area (Å²) in [5.74, 6) is -1.44. The summed E-state index contributed by atoms with van der Waals surface area (Å²) >= 11 is 0. The zero-order valence-electron chi connectivity index (χ0n) is 23.2. The zero-order chi connectivity index (χ0) is 28.4. The van der Waals surface area contributed by atoms with Gasteiger partial charge in [0.05, 0.1) is 23.8 Å². The minimum Gasteiger partial charge on any atom is -0.496 e. The molecule has 2 amide bonds. The number of carbonyl (C=O) groups excluding carboxylic acids is 3. The van der Waals surface area contributed by atoms with Crippen LogP contribution in [0.3, 0.4) is 0 Å². The maximum absolute atomic E-state index is 13.9. The van der Waals surface area contributed by atoms with Gasteiger partial charge in [0, 0.05) is 70.6 Å². The number of likely N-dealkylation sites (N-methyl/N-ethyl adjacent to an activating group) is 1. The van der Waals surface area contributed by atoms with Crippen molar-refractivity contribution in [2.24, 2.45) is 0 Å². The number of ether oxygens (including phenoxy) is 2. The minimum absolute atomic E-state index is 0.0579. The summed E-state index contributed by atoms with van der Waals surface area (Å²) in [5.41, 5.74) is 2.14. The molecule has 0 bridgehead atoms. The number of methoxy groups -OCH3 is 2. The number of halogens is 1. The second-order valence-electron chi connectivity index (χ2n) is 10.2. The van der Waals surface area contributed by atoms with Gasteiger partial charge in [0.15, 0.2) is 0 Å². The summed E-state index contributed by atoms with van der Waals surface area (Å²) in [6, 6.07) is 9.76. The number of Topliss-reactive ketones (excluding diaryl/α,β-unsaturated/α-hetero) is 1. The van der Waals surface area contributed by atoms with Crippen LogP contribution >= 0.6 is 0 Å². The highest BCUT2D eigenvalue weighted by Gasteiger charge is 2.34. The van der Waals surface area contributed by atoms with Crippen LogP contribution in [0.2, 0.25) is 0 Å². The first-order valence-corrected chi connectivity index (χ1v) is 12.8. The summed E-state index contributed by atoms with van der Waals surface area (Å²) in [4.78, 5) is 44.8. The van der Waals surface area contributed by atoms with Crippen LogP contribution in [0.5, 0.6) is 5.75 Å². The number of aromatic nitrogens is 1. The van der Waals surface area contributed by atoms with Gasteiger partial charge in [0.1, 0.15) is 18.3 Å². The van der Waals surface area contributed by atoms with Crippen molar-refractivity contribution in [1.82, 2.24) is 19.3 Å². The van der Waals surface area contributed by atoms with Crippen molar-refractivity contribution < 1.29 is 28.2 Å². The van der Waals surface area contributed by atoms with E-state index >= 15 is 0 Å². The highest BCUT2D eigenvalue weighted by molar-refractivity contribution is 6.44. The predicted molar refractivity (Wildman–Crippen MR) is 145 cm³/mol. The van der Waals surface area contributed by atoms with Crippen LogP contribution in [0.15, 0.2) is 42.6 Å². The Morgan fingerprint density at radius 1 is 1.00 bits per heavy atom. The number of benzene rings is 2. The summed E-state index contributed by atoms with van der Waals surface area (Å²) < 4.78 is 26.0. The van der Waals surface area contributed by atoms with Crippen LogP contribution in [0.4, 0.5) is 4.39 Å². The van der Waals surface area contributed by atoms with Crippen LogP contribution in [0.1, 0.15) is 40.1 Å². The fourth-order valence-electron chi connectivity index (χ4n) is 5.08. The molecule has 10 heteroatoms. The molecule has 0 saturated carbocycles. The van der Waals surface area contributed by atoms with Crippen LogP contribution in [0.25, 0.3) is 10.9 Å². The lowest BCUT2D eigenvalue weighted by molar-refractivity contribution is -0.124. The van der Waals surface area contributed by atoms with Crippen LogP contribution in [-0.2, 0) is 22.8 Å². The molecular formula is C29H35FN4O5. The Morgan fingerprint density at radius 3 is 2.31 bits per heavy atom. The highest BCUT2D eigenvalue weighted by atomic mass is 19.1. The molecule has 9 nitrogen and oxygen atoms in total. The quantitative estimate of drug-likeness (QED) is 0.323. The van der Waals surface area contributed by atoms with Crippen molar-refractivity contribution in [3.63, 3.8) is 0 Å². The van der Waals surface area contributed by atoms with Crippen molar-refractivity contribution in [2.45, 2.75) is 39.2 Å². The van der Waals surface area contributed by atoms with Crippen molar-refractivity contribution in [3.8, 4) is 5.75 Å². The van der Waals surface area contributed by atoms with Crippen molar-refractivity contribution in [3.05, 3.63) is 65.1 Å². The summed E-state index contributed by atoms with van der Waals surface area (Å²) in [6.45, 7) is 5.98.